The highest BCUT2D eigenvalue weighted by molar-refractivity contribution is 5.90. The Kier molecular flexibility index (Phi) is 8.41. The van der Waals surface area contributed by atoms with Crippen molar-refractivity contribution in [1.82, 2.24) is 10.6 Å². The summed E-state index contributed by atoms with van der Waals surface area (Å²) in [5, 5.41) is 13.9. The summed E-state index contributed by atoms with van der Waals surface area (Å²) < 4.78 is 13.8. The molecule has 0 unspecified atom stereocenters. The van der Waals surface area contributed by atoms with Gasteiger partial charge in [0.25, 0.3) is 0 Å². The molecule has 1 rings (SSSR count). The van der Waals surface area contributed by atoms with Crippen molar-refractivity contribution < 1.29 is 28.7 Å². The van der Waals surface area contributed by atoms with E-state index in [1.54, 1.807) is 13.0 Å². The molecule has 1 aromatic rings. The molecule has 2 amide bonds. The highest BCUT2D eigenvalue weighted by Crippen LogP contribution is 2.10. The summed E-state index contributed by atoms with van der Waals surface area (Å²) >= 11 is 0. The first-order valence-electron chi connectivity index (χ1n) is 8.30. The van der Waals surface area contributed by atoms with Crippen molar-refractivity contribution >= 4 is 23.6 Å². The van der Waals surface area contributed by atoms with Gasteiger partial charge < -0.3 is 15.7 Å². The zero-order chi connectivity index (χ0) is 19.7. The number of rotatable bonds is 10. The van der Waals surface area contributed by atoms with E-state index >= 15 is 0 Å². The number of carboxylic acid groups (broad SMARTS) is 1. The number of ketones is 1. The second kappa shape index (κ2) is 10.3. The molecular formula is C18H23FN2O5. The van der Waals surface area contributed by atoms with Crippen LogP contribution in [0.5, 0.6) is 0 Å². The van der Waals surface area contributed by atoms with Crippen LogP contribution in [0.25, 0.3) is 0 Å². The maximum absolute atomic E-state index is 13.8. The first-order valence-corrected chi connectivity index (χ1v) is 8.30. The van der Waals surface area contributed by atoms with Gasteiger partial charge in [-0.3, -0.25) is 14.4 Å². The number of hydrogen-bond acceptors (Lipinski definition) is 4. The molecule has 0 fully saturated rings. The average Bonchev–Trinajstić information content (AvgIpc) is 2.58. The molecule has 0 aliphatic rings. The molecule has 0 aromatic heterocycles. The molecule has 0 bridgehead atoms. The van der Waals surface area contributed by atoms with Gasteiger partial charge in [-0.1, -0.05) is 25.1 Å². The van der Waals surface area contributed by atoms with Crippen LogP contribution in [0, 0.1) is 5.82 Å². The average molecular weight is 366 g/mol. The largest absolute Gasteiger partial charge is 0.480 e. The molecule has 142 valence electrons. The zero-order valence-electron chi connectivity index (χ0n) is 14.8. The molecule has 3 N–H and O–H groups in total. The monoisotopic (exact) mass is 366 g/mol. The van der Waals surface area contributed by atoms with Crippen molar-refractivity contribution in [2.24, 2.45) is 0 Å². The van der Waals surface area contributed by atoms with Crippen molar-refractivity contribution in [3.8, 4) is 0 Å². The summed E-state index contributed by atoms with van der Waals surface area (Å²) in [6.07, 6.45) is 0.118. The lowest BCUT2D eigenvalue weighted by Gasteiger charge is -2.21. The Morgan fingerprint density at radius 2 is 1.77 bits per heavy atom. The van der Waals surface area contributed by atoms with E-state index in [0.717, 1.165) is 0 Å². The van der Waals surface area contributed by atoms with E-state index in [0.29, 0.717) is 0 Å². The minimum absolute atomic E-state index is 0.0197. The lowest BCUT2D eigenvalue weighted by atomic mass is 10.0. The molecule has 0 spiro atoms. The van der Waals surface area contributed by atoms with Gasteiger partial charge in [0.1, 0.15) is 23.7 Å². The van der Waals surface area contributed by atoms with Gasteiger partial charge in [-0.2, -0.15) is 0 Å². The molecule has 7 nitrogen and oxygen atoms in total. The summed E-state index contributed by atoms with van der Waals surface area (Å²) in [5.41, 5.74) is 0.217. The van der Waals surface area contributed by atoms with Crippen LogP contribution in [0.4, 0.5) is 4.39 Å². The summed E-state index contributed by atoms with van der Waals surface area (Å²) in [6.45, 7) is 2.87. The Morgan fingerprint density at radius 1 is 1.12 bits per heavy atom. The Morgan fingerprint density at radius 3 is 2.31 bits per heavy atom. The van der Waals surface area contributed by atoms with E-state index in [9.17, 15) is 28.7 Å². The lowest BCUT2D eigenvalue weighted by Crippen LogP contribution is -2.52. The van der Waals surface area contributed by atoms with Gasteiger partial charge in [-0.25, -0.2) is 9.18 Å². The number of carbonyl (C=O) groups excluding carboxylic acids is 3. The van der Waals surface area contributed by atoms with Crippen molar-refractivity contribution in [1.29, 1.82) is 0 Å². The highest BCUT2D eigenvalue weighted by Gasteiger charge is 2.27. The summed E-state index contributed by atoms with van der Waals surface area (Å²) in [6, 6.07) is 3.40. The minimum atomic E-state index is -1.28. The SMILES string of the molecule is CCC(=O)CC[C@@H](NC(=O)[C@@H](Cc1ccccc1F)NC(C)=O)C(=O)O. The van der Waals surface area contributed by atoms with Crippen molar-refractivity contribution in [3.63, 3.8) is 0 Å². The second-order valence-corrected chi connectivity index (χ2v) is 5.88. The van der Waals surface area contributed by atoms with Crippen LogP contribution in [-0.2, 0) is 25.6 Å². The fourth-order valence-corrected chi connectivity index (χ4v) is 2.35. The summed E-state index contributed by atoms with van der Waals surface area (Å²) in [4.78, 5) is 46.5. The van der Waals surface area contributed by atoms with Gasteiger partial charge in [0.15, 0.2) is 0 Å². The smallest absolute Gasteiger partial charge is 0.326 e. The molecule has 0 heterocycles. The third-order valence-electron chi connectivity index (χ3n) is 3.80. The molecule has 0 aliphatic heterocycles. The molecule has 26 heavy (non-hydrogen) atoms. The normalized spacial score (nSPS) is 12.7. The fourth-order valence-electron chi connectivity index (χ4n) is 2.35. The summed E-state index contributed by atoms with van der Waals surface area (Å²) in [5.74, 6) is -3.18. The number of amides is 2. The molecule has 1 aromatic carbocycles. The van der Waals surface area contributed by atoms with Gasteiger partial charge in [-0.05, 0) is 18.1 Å². The number of hydrogen-bond donors (Lipinski definition) is 3. The van der Waals surface area contributed by atoms with Crippen LogP contribution in [0.2, 0.25) is 0 Å². The third-order valence-corrected chi connectivity index (χ3v) is 3.80. The quantitative estimate of drug-likeness (QED) is 0.576. The van der Waals surface area contributed by atoms with Crippen molar-refractivity contribution in [2.45, 2.75) is 51.6 Å². The lowest BCUT2D eigenvalue weighted by molar-refractivity contribution is -0.142. The third kappa shape index (κ3) is 7.00. The molecule has 0 saturated heterocycles. The van der Waals surface area contributed by atoms with Gasteiger partial charge in [0.2, 0.25) is 11.8 Å². The number of carboxylic acids is 1. The van der Waals surface area contributed by atoms with Crippen LogP contribution in [0.15, 0.2) is 24.3 Å². The van der Waals surface area contributed by atoms with E-state index < -0.39 is 35.7 Å². The van der Waals surface area contributed by atoms with Crippen LogP contribution in [0.1, 0.15) is 38.7 Å². The van der Waals surface area contributed by atoms with E-state index in [-0.39, 0.29) is 37.0 Å². The van der Waals surface area contributed by atoms with Gasteiger partial charge in [0.05, 0.1) is 0 Å². The van der Waals surface area contributed by atoms with Gasteiger partial charge in [-0.15, -0.1) is 0 Å². The molecule has 0 saturated carbocycles. The van der Waals surface area contributed by atoms with E-state index in [2.05, 4.69) is 10.6 Å². The maximum Gasteiger partial charge on any atom is 0.326 e. The zero-order valence-corrected chi connectivity index (χ0v) is 14.8. The minimum Gasteiger partial charge on any atom is -0.480 e. The van der Waals surface area contributed by atoms with Crippen LogP contribution in [-0.4, -0.2) is 40.8 Å². The summed E-state index contributed by atoms with van der Waals surface area (Å²) in [7, 11) is 0. The Bertz CT molecular complexity index is 677. The van der Waals surface area contributed by atoms with Crippen LogP contribution in [0.3, 0.4) is 0 Å². The fraction of sp³-hybridized carbons (Fsp3) is 0.444. The maximum atomic E-state index is 13.8. The number of aliphatic carboxylic acids is 1. The number of nitrogens with one attached hydrogen (secondary N) is 2. The number of Topliss-reactive ketones (excluding diaryl/α,β-unsaturated/α-hetero) is 1. The Balaban J connectivity index is 2.86. The first-order chi connectivity index (χ1) is 12.2. The predicted octanol–water partition coefficient (Wildman–Crippen LogP) is 1.20. The molecule has 2 atom stereocenters. The van der Waals surface area contributed by atoms with E-state index in [1.165, 1.54) is 25.1 Å². The topological polar surface area (TPSA) is 113 Å². The molecular weight excluding hydrogens is 343 g/mol. The predicted molar refractivity (Wildman–Crippen MR) is 91.8 cm³/mol. The first kappa shape index (κ1) is 21.3. The molecule has 0 aliphatic carbocycles. The van der Waals surface area contributed by atoms with Crippen molar-refractivity contribution in [2.75, 3.05) is 0 Å². The molecule has 0 radical (unpaired) electrons. The number of benzene rings is 1. The Hall–Kier alpha value is -2.77. The van der Waals surface area contributed by atoms with Gasteiger partial charge in [0, 0.05) is 26.2 Å². The van der Waals surface area contributed by atoms with Crippen LogP contribution >= 0.6 is 0 Å². The Labute approximate surface area is 151 Å². The number of carbonyl (C=O) groups is 4. The number of halogens is 1. The van der Waals surface area contributed by atoms with Crippen LogP contribution < -0.4 is 10.6 Å². The highest BCUT2D eigenvalue weighted by atomic mass is 19.1. The van der Waals surface area contributed by atoms with Crippen molar-refractivity contribution in [3.05, 3.63) is 35.6 Å². The van der Waals surface area contributed by atoms with E-state index in [4.69, 9.17) is 0 Å². The molecule has 8 heteroatoms. The second-order valence-electron chi connectivity index (χ2n) is 5.88. The van der Waals surface area contributed by atoms with E-state index in [1.807, 2.05) is 0 Å². The van der Waals surface area contributed by atoms with Gasteiger partial charge >= 0.3 is 5.97 Å². The standard InChI is InChI=1S/C18H23FN2O5/c1-3-13(23)8-9-15(18(25)26)21-17(24)16(20-11(2)22)10-12-6-4-5-7-14(12)19/h4-7,15-16H,3,8-10H2,1-2H3,(H,20,22)(H,21,24)(H,25,26)/t15-,16-/m1/s1.